The summed E-state index contributed by atoms with van der Waals surface area (Å²) in [4.78, 5) is 26.2. The Morgan fingerprint density at radius 1 is 1.11 bits per heavy atom. The Labute approximate surface area is 161 Å². The highest BCUT2D eigenvalue weighted by atomic mass is 16.4. The van der Waals surface area contributed by atoms with Gasteiger partial charge in [0.1, 0.15) is 0 Å². The number of aromatic nitrogens is 3. The molecular weight excluding hydrogens is 356 g/mol. The Morgan fingerprint density at radius 3 is 2.68 bits per heavy atom. The Morgan fingerprint density at radius 2 is 1.86 bits per heavy atom. The van der Waals surface area contributed by atoms with Gasteiger partial charge < -0.3 is 9.32 Å². The minimum absolute atomic E-state index is 0.0513. The summed E-state index contributed by atoms with van der Waals surface area (Å²) in [6.45, 7) is 0.731. The summed E-state index contributed by atoms with van der Waals surface area (Å²) in [7, 11) is 1.75. The topological polar surface area (TPSA) is 73.3 Å². The molecule has 0 aliphatic carbocycles. The van der Waals surface area contributed by atoms with Crippen LogP contribution in [0.15, 0.2) is 76.2 Å². The van der Waals surface area contributed by atoms with Gasteiger partial charge in [0.15, 0.2) is 5.58 Å². The molecule has 142 valence electrons. The summed E-state index contributed by atoms with van der Waals surface area (Å²) >= 11 is 0. The zero-order valence-electron chi connectivity index (χ0n) is 15.5. The van der Waals surface area contributed by atoms with Crippen molar-refractivity contribution < 1.29 is 9.21 Å². The third-order valence-corrected chi connectivity index (χ3v) is 4.63. The second kappa shape index (κ2) is 7.56. The molecule has 1 amide bonds. The van der Waals surface area contributed by atoms with E-state index in [0.717, 1.165) is 11.3 Å². The second-order valence-electron chi connectivity index (χ2n) is 6.62. The van der Waals surface area contributed by atoms with Crippen molar-refractivity contribution in [3.8, 4) is 5.69 Å². The lowest BCUT2D eigenvalue weighted by molar-refractivity contribution is -0.130. The fraction of sp³-hybridized carbons (Fsp3) is 0.190. The Bertz CT molecular complexity index is 1160. The van der Waals surface area contributed by atoms with Crippen molar-refractivity contribution in [2.75, 3.05) is 7.05 Å². The highest BCUT2D eigenvalue weighted by Crippen LogP contribution is 2.13. The number of carbonyl (C=O) groups is 1. The first-order valence-electron chi connectivity index (χ1n) is 9.03. The Hall–Kier alpha value is -3.61. The number of amides is 1. The fourth-order valence-electron chi connectivity index (χ4n) is 3.15. The average molecular weight is 376 g/mol. The van der Waals surface area contributed by atoms with Crippen LogP contribution in [-0.4, -0.2) is 32.2 Å². The van der Waals surface area contributed by atoms with Crippen LogP contribution in [0.5, 0.6) is 0 Å². The summed E-state index contributed by atoms with van der Waals surface area (Å²) in [5.41, 5.74) is 3.13. The summed E-state index contributed by atoms with van der Waals surface area (Å²) in [5, 5.41) is 4.35. The predicted molar refractivity (Wildman–Crippen MR) is 105 cm³/mol. The maximum atomic E-state index is 12.5. The van der Waals surface area contributed by atoms with Gasteiger partial charge in [-0.15, -0.1) is 0 Å². The van der Waals surface area contributed by atoms with Crippen LogP contribution in [0, 0.1) is 0 Å². The lowest BCUT2D eigenvalue weighted by atomic mass is 10.3. The molecule has 0 fully saturated rings. The number of hydrogen-bond acceptors (Lipinski definition) is 4. The summed E-state index contributed by atoms with van der Waals surface area (Å²) < 4.78 is 8.48. The van der Waals surface area contributed by atoms with E-state index in [9.17, 15) is 9.59 Å². The number of carbonyl (C=O) groups excluding carboxylic acids is 1. The lowest BCUT2D eigenvalue weighted by Crippen LogP contribution is -2.28. The maximum absolute atomic E-state index is 12.5. The third kappa shape index (κ3) is 3.59. The molecule has 28 heavy (non-hydrogen) atoms. The zero-order chi connectivity index (χ0) is 19.5. The first kappa shape index (κ1) is 17.8. The monoisotopic (exact) mass is 376 g/mol. The van der Waals surface area contributed by atoms with Crippen LogP contribution in [0.2, 0.25) is 0 Å². The molecule has 7 nitrogen and oxygen atoms in total. The number of rotatable bonds is 6. The van der Waals surface area contributed by atoms with E-state index in [1.807, 2.05) is 54.7 Å². The largest absolute Gasteiger partial charge is 0.419 e. The molecule has 2 heterocycles. The van der Waals surface area contributed by atoms with E-state index in [-0.39, 0.29) is 18.9 Å². The highest BCUT2D eigenvalue weighted by Gasteiger charge is 2.14. The van der Waals surface area contributed by atoms with Gasteiger partial charge in [0.2, 0.25) is 5.91 Å². The molecule has 0 unspecified atom stereocenters. The van der Waals surface area contributed by atoms with Crippen molar-refractivity contribution >= 4 is 17.0 Å². The highest BCUT2D eigenvalue weighted by molar-refractivity contribution is 5.76. The second-order valence-corrected chi connectivity index (χ2v) is 6.62. The number of oxazole rings is 1. The molecule has 4 aromatic rings. The number of para-hydroxylation sites is 3. The maximum Gasteiger partial charge on any atom is 0.419 e. The van der Waals surface area contributed by atoms with E-state index in [0.29, 0.717) is 17.6 Å². The van der Waals surface area contributed by atoms with Gasteiger partial charge in [-0.1, -0.05) is 30.3 Å². The SMILES string of the molecule is CN(Cc1cnn(-c2ccccc2)c1)C(=O)CCn1c(=O)oc2ccccc21. The van der Waals surface area contributed by atoms with E-state index in [2.05, 4.69) is 5.10 Å². The Kier molecular flexibility index (Phi) is 4.80. The van der Waals surface area contributed by atoms with Crippen LogP contribution in [0.3, 0.4) is 0 Å². The third-order valence-electron chi connectivity index (χ3n) is 4.63. The minimum atomic E-state index is -0.444. The molecule has 0 bridgehead atoms. The van der Waals surface area contributed by atoms with Crippen molar-refractivity contribution in [1.29, 1.82) is 0 Å². The molecule has 2 aromatic carbocycles. The van der Waals surface area contributed by atoms with Crippen molar-refractivity contribution in [3.63, 3.8) is 0 Å². The number of hydrogen-bond donors (Lipinski definition) is 0. The molecule has 0 saturated carbocycles. The van der Waals surface area contributed by atoms with E-state index in [1.165, 1.54) is 4.57 Å². The smallest absolute Gasteiger partial charge is 0.408 e. The van der Waals surface area contributed by atoms with E-state index >= 15 is 0 Å². The predicted octanol–water partition coefficient (Wildman–Crippen LogP) is 2.83. The van der Waals surface area contributed by atoms with Crippen molar-refractivity contribution in [2.45, 2.75) is 19.5 Å². The number of nitrogens with zero attached hydrogens (tertiary/aromatic N) is 4. The van der Waals surface area contributed by atoms with Gasteiger partial charge in [-0.25, -0.2) is 9.48 Å². The van der Waals surface area contributed by atoms with Crippen LogP contribution >= 0.6 is 0 Å². The summed E-state index contributed by atoms with van der Waals surface area (Å²) in [5.74, 6) is -0.495. The van der Waals surface area contributed by atoms with Crippen molar-refractivity contribution in [1.82, 2.24) is 19.2 Å². The van der Waals surface area contributed by atoms with Crippen LogP contribution in [0.4, 0.5) is 0 Å². The lowest BCUT2D eigenvalue weighted by Gasteiger charge is -2.16. The first-order chi connectivity index (χ1) is 13.6. The fourth-order valence-corrected chi connectivity index (χ4v) is 3.15. The molecule has 0 aliphatic rings. The van der Waals surface area contributed by atoms with Gasteiger partial charge in [-0.3, -0.25) is 9.36 Å². The molecule has 0 radical (unpaired) electrons. The van der Waals surface area contributed by atoms with Gasteiger partial charge in [0.05, 0.1) is 17.4 Å². The van der Waals surface area contributed by atoms with E-state index < -0.39 is 5.76 Å². The molecule has 0 N–H and O–H groups in total. The van der Waals surface area contributed by atoms with Crippen LogP contribution in [0.25, 0.3) is 16.8 Å². The molecule has 0 spiro atoms. The standard InChI is InChI=1S/C21H20N4O3/c1-23(14-16-13-22-25(15-16)17-7-3-2-4-8-17)20(26)11-12-24-18-9-5-6-10-19(18)28-21(24)27/h2-10,13,15H,11-12,14H2,1H3. The summed E-state index contributed by atoms with van der Waals surface area (Å²) in [6, 6.07) is 17.0. The summed E-state index contributed by atoms with van der Waals surface area (Å²) in [6.07, 6.45) is 3.88. The van der Waals surface area contributed by atoms with Crippen LogP contribution in [0.1, 0.15) is 12.0 Å². The molecular formula is C21H20N4O3. The Balaban J connectivity index is 1.39. The van der Waals surface area contributed by atoms with E-state index in [1.54, 1.807) is 28.9 Å². The molecule has 0 aliphatic heterocycles. The van der Waals surface area contributed by atoms with Gasteiger partial charge in [-0.05, 0) is 24.3 Å². The van der Waals surface area contributed by atoms with E-state index in [4.69, 9.17) is 4.42 Å². The number of fused-ring (bicyclic) bond motifs is 1. The number of aryl methyl sites for hydroxylation is 1. The molecule has 4 rings (SSSR count). The minimum Gasteiger partial charge on any atom is -0.408 e. The van der Waals surface area contributed by atoms with Gasteiger partial charge in [-0.2, -0.15) is 5.10 Å². The molecule has 0 atom stereocenters. The van der Waals surface area contributed by atoms with Crippen molar-refractivity contribution in [3.05, 3.63) is 83.1 Å². The molecule has 0 saturated heterocycles. The zero-order valence-corrected chi connectivity index (χ0v) is 15.5. The molecule has 7 heteroatoms. The van der Waals surface area contributed by atoms with Crippen molar-refractivity contribution in [2.24, 2.45) is 0 Å². The van der Waals surface area contributed by atoms with Gasteiger partial charge in [0.25, 0.3) is 0 Å². The van der Waals surface area contributed by atoms with Crippen LogP contribution < -0.4 is 5.76 Å². The average Bonchev–Trinajstić information content (AvgIpc) is 3.30. The van der Waals surface area contributed by atoms with Gasteiger partial charge >= 0.3 is 5.76 Å². The quantitative estimate of drug-likeness (QED) is 0.519. The number of benzene rings is 2. The first-order valence-corrected chi connectivity index (χ1v) is 9.03. The molecule has 2 aromatic heterocycles. The van der Waals surface area contributed by atoms with Crippen LogP contribution in [-0.2, 0) is 17.9 Å². The normalized spacial score (nSPS) is 11.0. The van der Waals surface area contributed by atoms with Gasteiger partial charge in [0, 0.05) is 38.3 Å².